The highest BCUT2D eigenvalue weighted by Gasteiger charge is 2.42. The van der Waals surface area contributed by atoms with E-state index in [1.165, 1.54) is 0 Å². The number of aromatic amines is 2. The van der Waals surface area contributed by atoms with E-state index in [0.717, 1.165) is 45.4 Å². The molecule has 144 valence electrons. The number of H-pyrrole nitrogens is 2. The molecule has 0 saturated carbocycles. The number of aromatic nitrogens is 3. The average molecular weight is 364 g/mol. The Morgan fingerprint density at radius 1 is 1.27 bits per heavy atom. The van der Waals surface area contributed by atoms with E-state index in [9.17, 15) is 14.4 Å². The highest BCUT2D eigenvalue weighted by Crippen LogP contribution is 2.38. The Morgan fingerprint density at radius 3 is 2.77 bits per heavy atom. The molecular formula is C17H28N6O3. The van der Waals surface area contributed by atoms with E-state index < -0.39 is 5.69 Å². The summed E-state index contributed by atoms with van der Waals surface area (Å²) in [4.78, 5) is 44.5. The summed E-state index contributed by atoms with van der Waals surface area (Å²) in [6.07, 6.45) is 3.48. The standard InChI is InChI=1S/C17H28N6O3/c1-21(2)8-9-23-12-17(6-4-14(23)24)5-3-7-22(11-17)15(25)10-13-18-16(26)20-19-13/h3-12H2,1-2H3,(H2,18,19,20,26). The van der Waals surface area contributed by atoms with Crippen LogP contribution in [0.15, 0.2) is 4.79 Å². The first-order valence-electron chi connectivity index (χ1n) is 9.21. The average Bonchev–Trinajstić information content (AvgIpc) is 3.01. The molecular weight excluding hydrogens is 336 g/mol. The zero-order valence-corrected chi connectivity index (χ0v) is 15.6. The Hall–Kier alpha value is -2.16. The molecule has 3 rings (SSSR count). The third-order valence-electron chi connectivity index (χ3n) is 5.45. The number of carbonyl (C=O) groups excluding carboxylic acids is 2. The number of hydrogen-bond acceptors (Lipinski definition) is 5. The van der Waals surface area contributed by atoms with Gasteiger partial charge >= 0.3 is 5.69 Å². The van der Waals surface area contributed by atoms with Crippen LogP contribution in [-0.2, 0) is 16.0 Å². The summed E-state index contributed by atoms with van der Waals surface area (Å²) in [6.45, 7) is 3.70. The van der Waals surface area contributed by atoms with E-state index in [4.69, 9.17) is 0 Å². The van der Waals surface area contributed by atoms with Gasteiger partial charge in [-0.05, 0) is 33.4 Å². The molecule has 2 N–H and O–H groups in total. The van der Waals surface area contributed by atoms with E-state index >= 15 is 0 Å². The summed E-state index contributed by atoms with van der Waals surface area (Å²) in [5.74, 6) is 0.560. The molecule has 2 saturated heterocycles. The first kappa shape index (κ1) is 18.6. The lowest BCUT2D eigenvalue weighted by molar-refractivity contribution is -0.142. The van der Waals surface area contributed by atoms with Gasteiger partial charge in [-0.3, -0.25) is 14.6 Å². The number of likely N-dealkylation sites (tertiary alicyclic amines) is 2. The first-order valence-corrected chi connectivity index (χ1v) is 9.21. The van der Waals surface area contributed by atoms with Crippen LogP contribution in [-0.4, -0.2) is 88.5 Å². The first-order chi connectivity index (χ1) is 12.4. The molecule has 0 radical (unpaired) electrons. The summed E-state index contributed by atoms with van der Waals surface area (Å²) in [5, 5.41) is 6.11. The zero-order chi connectivity index (χ0) is 18.7. The number of amides is 2. The van der Waals surface area contributed by atoms with Crippen LogP contribution >= 0.6 is 0 Å². The van der Waals surface area contributed by atoms with Gasteiger partial charge in [0.1, 0.15) is 5.82 Å². The van der Waals surface area contributed by atoms with Gasteiger partial charge in [-0.2, -0.15) is 5.10 Å². The van der Waals surface area contributed by atoms with Crippen molar-refractivity contribution in [2.45, 2.75) is 32.1 Å². The third-order valence-corrected chi connectivity index (χ3v) is 5.45. The van der Waals surface area contributed by atoms with Gasteiger partial charge in [-0.25, -0.2) is 9.89 Å². The molecule has 9 heteroatoms. The smallest absolute Gasteiger partial charge is 0.340 e. The molecule has 0 bridgehead atoms. The van der Waals surface area contributed by atoms with Crippen LogP contribution in [0.25, 0.3) is 0 Å². The minimum Gasteiger partial charge on any atom is -0.342 e. The minimum absolute atomic E-state index is 0.00683. The number of nitrogens with zero attached hydrogens (tertiary/aromatic N) is 4. The second kappa shape index (κ2) is 7.61. The van der Waals surface area contributed by atoms with Crippen molar-refractivity contribution in [1.82, 2.24) is 29.9 Å². The molecule has 0 aliphatic carbocycles. The monoisotopic (exact) mass is 364 g/mol. The molecule has 2 amide bonds. The molecule has 1 unspecified atom stereocenters. The molecule has 1 atom stereocenters. The summed E-state index contributed by atoms with van der Waals surface area (Å²) >= 11 is 0. The molecule has 1 aromatic rings. The van der Waals surface area contributed by atoms with Crippen molar-refractivity contribution in [3.63, 3.8) is 0 Å². The Labute approximate surface area is 152 Å². The largest absolute Gasteiger partial charge is 0.342 e. The maximum absolute atomic E-state index is 12.6. The highest BCUT2D eigenvalue weighted by molar-refractivity contribution is 5.79. The fraction of sp³-hybridized carbons (Fsp3) is 0.765. The van der Waals surface area contributed by atoms with E-state index in [1.807, 2.05) is 23.9 Å². The molecule has 2 aliphatic rings. The van der Waals surface area contributed by atoms with Crippen molar-refractivity contribution in [2.24, 2.45) is 5.41 Å². The highest BCUT2D eigenvalue weighted by atomic mass is 16.2. The van der Waals surface area contributed by atoms with Crippen molar-refractivity contribution < 1.29 is 9.59 Å². The van der Waals surface area contributed by atoms with Gasteiger partial charge < -0.3 is 14.7 Å². The van der Waals surface area contributed by atoms with Crippen molar-refractivity contribution in [2.75, 3.05) is 46.8 Å². The molecule has 0 aromatic carbocycles. The summed E-state index contributed by atoms with van der Waals surface area (Å²) in [7, 11) is 4.01. The second-order valence-electron chi connectivity index (χ2n) is 7.84. The lowest BCUT2D eigenvalue weighted by atomic mass is 9.73. The fourth-order valence-corrected chi connectivity index (χ4v) is 4.02. The van der Waals surface area contributed by atoms with Crippen LogP contribution in [0.1, 0.15) is 31.5 Å². The van der Waals surface area contributed by atoms with E-state index in [2.05, 4.69) is 20.1 Å². The number of hydrogen-bond donors (Lipinski definition) is 2. The van der Waals surface area contributed by atoms with Gasteiger partial charge in [0.05, 0.1) is 6.42 Å². The number of rotatable bonds is 5. The Balaban J connectivity index is 1.63. The summed E-state index contributed by atoms with van der Waals surface area (Å²) in [5.41, 5.74) is -0.405. The van der Waals surface area contributed by atoms with Gasteiger partial charge in [-0.15, -0.1) is 0 Å². The molecule has 2 aliphatic heterocycles. The van der Waals surface area contributed by atoms with Crippen molar-refractivity contribution in [3.8, 4) is 0 Å². The van der Waals surface area contributed by atoms with Gasteiger partial charge in [0, 0.05) is 44.6 Å². The lowest BCUT2D eigenvalue weighted by Crippen LogP contribution is -2.56. The molecule has 2 fully saturated rings. The zero-order valence-electron chi connectivity index (χ0n) is 15.6. The Morgan fingerprint density at radius 2 is 2.08 bits per heavy atom. The van der Waals surface area contributed by atoms with Gasteiger partial charge in [-0.1, -0.05) is 0 Å². The maximum Gasteiger partial charge on any atom is 0.340 e. The molecule has 1 spiro atoms. The third kappa shape index (κ3) is 4.32. The normalized spacial score (nSPS) is 23.9. The van der Waals surface area contributed by atoms with Gasteiger partial charge in [0.2, 0.25) is 11.8 Å². The predicted octanol–water partition coefficient (Wildman–Crippen LogP) is -0.567. The summed E-state index contributed by atoms with van der Waals surface area (Å²) in [6, 6.07) is 0. The maximum atomic E-state index is 12.6. The number of carbonyl (C=O) groups is 2. The van der Waals surface area contributed by atoms with Crippen LogP contribution in [0.3, 0.4) is 0 Å². The van der Waals surface area contributed by atoms with Crippen molar-refractivity contribution in [1.29, 1.82) is 0 Å². The van der Waals surface area contributed by atoms with E-state index in [1.54, 1.807) is 0 Å². The van der Waals surface area contributed by atoms with E-state index in [0.29, 0.717) is 18.8 Å². The second-order valence-corrected chi connectivity index (χ2v) is 7.84. The number of piperidine rings is 2. The molecule has 26 heavy (non-hydrogen) atoms. The molecule has 9 nitrogen and oxygen atoms in total. The van der Waals surface area contributed by atoms with Crippen LogP contribution in [0.4, 0.5) is 0 Å². The van der Waals surface area contributed by atoms with E-state index in [-0.39, 0.29) is 23.7 Å². The predicted molar refractivity (Wildman–Crippen MR) is 95.5 cm³/mol. The Bertz CT molecular complexity index is 711. The van der Waals surface area contributed by atoms with Crippen LogP contribution in [0, 0.1) is 5.41 Å². The summed E-state index contributed by atoms with van der Waals surface area (Å²) < 4.78 is 0. The number of nitrogens with one attached hydrogen (secondary N) is 2. The van der Waals surface area contributed by atoms with Crippen molar-refractivity contribution >= 4 is 11.8 Å². The van der Waals surface area contributed by atoms with Crippen LogP contribution in [0.2, 0.25) is 0 Å². The quantitative estimate of drug-likeness (QED) is 0.728. The molecule has 3 heterocycles. The lowest BCUT2D eigenvalue weighted by Gasteiger charge is -2.48. The van der Waals surface area contributed by atoms with Crippen LogP contribution in [0.5, 0.6) is 0 Å². The fourth-order valence-electron chi connectivity index (χ4n) is 4.02. The topological polar surface area (TPSA) is 105 Å². The Kier molecular flexibility index (Phi) is 5.45. The minimum atomic E-state index is -0.398. The van der Waals surface area contributed by atoms with Crippen LogP contribution < -0.4 is 5.69 Å². The molecule has 1 aromatic heterocycles. The van der Waals surface area contributed by atoms with Gasteiger partial charge in [0.25, 0.3) is 0 Å². The van der Waals surface area contributed by atoms with Crippen molar-refractivity contribution in [3.05, 3.63) is 16.3 Å². The SMILES string of the molecule is CN(C)CCN1CC2(CCCN(C(=O)Cc3n[nH]c(=O)[nH]3)C2)CCC1=O. The van der Waals surface area contributed by atoms with Gasteiger partial charge in [0.15, 0.2) is 0 Å². The number of likely N-dealkylation sites (N-methyl/N-ethyl adjacent to an activating group) is 1.